The molecule has 0 saturated carbocycles. The Morgan fingerprint density at radius 2 is 1.81 bits per heavy atom. The second kappa shape index (κ2) is 8.20. The van der Waals surface area contributed by atoms with Crippen LogP contribution < -0.4 is 5.32 Å². The smallest absolute Gasteiger partial charge is 0.253 e. The quantitative estimate of drug-likeness (QED) is 0.737. The van der Waals surface area contributed by atoms with Crippen molar-refractivity contribution in [1.29, 1.82) is 0 Å². The van der Waals surface area contributed by atoms with E-state index in [2.05, 4.69) is 15.3 Å². The van der Waals surface area contributed by atoms with Crippen molar-refractivity contribution in [3.63, 3.8) is 0 Å². The number of aromatic nitrogens is 2. The van der Waals surface area contributed by atoms with Crippen LogP contribution in [0.5, 0.6) is 0 Å². The lowest BCUT2D eigenvalue weighted by Crippen LogP contribution is -2.28. The summed E-state index contributed by atoms with van der Waals surface area (Å²) < 4.78 is 13.0. The van der Waals surface area contributed by atoms with Crippen LogP contribution in [-0.2, 0) is 6.42 Å². The van der Waals surface area contributed by atoms with Gasteiger partial charge >= 0.3 is 0 Å². The number of hydrogen-bond acceptors (Lipinski definition) is 4. The normalized spacial score (nSPS) is 10.4. The van der Waals surface area contributed by atoms with Crippen molar-refractivity contribution in [3.05, 3.63) is 84.1 Å². The molecule has 0 aliphatic carbocycles. The van der Waals surface area contributed by atoms with Gasteiger partial charge in [-0.05, 0) is 60.5 Å². The summed E-state index contributed by atoms with van der Waals surface area (Å²) in [5, 5.41) is 3.07. The van der Waals surface area contributed by atoms with Crippen molar-refractivity contribution in [2.24, 2.45) is 0 Å². The lowest BCUT2D eigenvalue weighted by atomic mass is 10.2. The second-order valence-corrected chi connectivity index (χ2v) is 5.89. The number of rotatable bonds is 6. The van der Waals surface area contributed by atoms with Crippen molar-refractivity contribution >= 4 is 17.4 Å². The number of pyridine rings is 2. The van der Waals surface area contributed by atoms with Crippen molar-refractivity contribution in [1.82, 2.24) is 14.9 Å². The fraction of sp³-hybridized carbons (Fsp3) is 0.150. The number of halogens is 1. The number of benzene rings is 1. The fourth-order valence-corrected chi connectivity index (χ4v) is 2.48. The molecule has 1 amide bonds. The van der Waals surface area contributed by atoms with Gasteiger partial charge in [-0.1, -0.05) is 0 Å². The molecule has 1 N–H and O–H groups in total. The Morgan fingerprint density at radius 3 is 2.54 bits per heavy atom. The zero-order valence-electron chi connectivity index (χ0n) is 14.4. The van der Waals surface area contributed by atoms with Crippen molar-refractivity contribution in [2.45, 2.75) is 6.42 Å². The van der Waals surface area contributed by atoms with Crippen molar-refractivity contribution in [3.8, 4) is 0 Å². The highest BCUT2D eigenvalue weighted by atomic mass is 19.1. The number of amides is 1. The third-order valence-corrected chi connectivity index (χ3v) is 3.96. The molecular weight excluding hydrogens is 331 g/mol. The summed E-state index contributed by atoms with van der Waals surface area (Å²) in [6.07, 6.45) is 5.83. The lowest BCUT2D eigenvalue weighted by molar-refractivity contribution is 0.0796. The average Bonchev–Trinajstić information content (AvgIpc) is 2.68. The molecule has 0 radical (unpaired) electrons. The average molecular weight is 350 g/mol. The van der Waals surface area contributed by atoms with E-state index in [-0.39, 0.29) is 11.7 Å². The van der Waals surface area contributed by atoms with Crippen LogP contribution in [0.15, 0.2) is 67.1 Å². The predicted octanol–water partition coefficient (Wildman–Crippen LogP) is 3.67. The molecular formula is C20H19FN4O. The number of nitrogens with zero attached hydrogens (tertiary/aromatic N) is 3. The Labute approximate surface area is 151 Å². The van der Waals surface area contributed by atoms with Gasteiger partial charge in [-0.15, -0.1) is 0 Å². The topological polar surface area (TPSA) is 58.1 Å². The standard InChI is InChI=1S/C20H19FN4O/c1-25(13-9-15-6-10-22-11-7-15)20(26)16-8-12-23-19(14-16)24-18-4-2-17(21)3-5-18/h2-8,10-12,14H,9,13H2,1H3,(H,23,24). The van der Waals surface area contributed by atoms with Gasteiger partial charge in [-0.3, -0.25) is 9.78 Å². The number of nitrogens with one attached hydrogen (secondary N) is 1. The molecule has 2 aromatic heterocycles. The third-order valence-electron chi connectivity index (χ3n) is 3.96. The molecule has 1 aromatic carbocycles. The van der Waals surface area contributed by atoms with Gasteiger partial charge in [0.05, 0.1) is 0 Å². The number of anilines is 2. The molecule has 2 heterocycles. The van der Waals surface area contributed by atoms with E-state index in [0.717, 1.165) is 12.0 Å². The van der Waals surface area contributed by atoms with Crippen LogP contribution in [-0.4, -0.2) is 34.4 Å². The zero-order chi connectivity index (χ0) is 18.4. The molecule has 0 saturated heterocycles. The minimum absolute atomic E-state index is 0.0800. The molecule has 0 bridgehead atoms. The third kappa shape index (κ3) is 4.63. The zero-order valence-corrected chi connectivity index (χ0v) is 14.4. The summed E-state index contributed by atoms with van der Waals surface area (Å²) in [4.78, 5) is 22.5. The van der Waals surface area contributed by atoms with Gasteiger partial charge in [0.1, 0.15) is 11.6 Å². The van der Waals surface area contributed by atoms with Crippen LogP contribution in [0, 0.1) is 5.82 Å². The summed E-state index contributed by atoms with van der Waals surface area (Å²) >= 11 is 0. The number of carbonyl (C=O) groups is 1. The Balaban J connectivity index is 1.64. The Kier molecular flexibility index (Phi) is 5.53. The highest BCUT2D eigenvalue weighted by molar-refractivity contribution is 5.94. The van der Waals surface area contributed by atoms with E-state index in [1.165, 1.54) is 12.1 Å². The highest BCUT2D eigenvalue weighted by Gasteiger charge is 2.12. The summed E-state index contributed by atoms with van der Waals surface area (Å²) in [6, 6.07) is 13.2. The molecule has 132 valence electrons. The summed E-state index contributed by atoms with van der Waals surface area (Å²) in [7, 11) is 1.77. The molecule has 5 nitrogen and oxygen atoms in total. The van der Waals surface area contributed by atoms with Crippen LogP contribution in [0.3, 0.4) is 0 Å². The SMILES string of the molecule is CN(CCc1ccncc1)C(=O)c1ccnc(Nc2ccc(F)cc2)c1. The molecule has 0 spiro atoms. The van der Waals surface area contributed by atoms with E-state index in [1.54, 1.807) is 54.8 Å². The maximum atomic E-state index is 13.0. The highest BCUT2D eigenvalue weighted by Crippen LogP contribution is 2.16. The van der Waals surface area contributed by atoms with Gasteiger partial charge in [0.15, 0.2) is 0 Å². The summed E-state index contributed by atoms with van der Waals surface area (Å²) in [6.45, 7) is 0.603. The van der Waals surface area contributed by atoms with E-state index in [9.17, 15) is 9.18 Å². The van der Waals surface area contributed by atoms with Crippen molar-refractivity contribution in [2.75, 3.05) is 18.9 Å². The van der Waals surface area contributed by atoms with Gasteiger partial charge in [-0.2, -0.15) is 0 Å². The molecule has 0 aliphatic heterocycles. The first-order valence-corrected chi connectivity index (χ1v) is 8.25. The van der Waals surface area contributed by atoms with Gasteiger partial charge in [0, 0.05) is 43.4 Å². The first-order valence-electron chi connectivity index (χ1n) is 8.25. The molecule has 0 unspecified atom stereocenters. The monoisotopic (exact) mass is 350 g/mol. The first-order chi connectivity index (χ1) is 12.6. The maximum Gasteiger partial charge on any atom is 0.253 e. The van der Waals surface area contributed by atoms with E-state index in [4.69, 9.17) is 0 Å². The Bertz CT molecular complexity index is 868. The molecule has 26 heavy (non-hydrogen) atoms. The lowest BCUT2D eigenvalue weighted by Gasteiger charge is -2.17. The van der Waals surface area contributed by atoms with E-state index in [1.807, 2.05) is 12.1 Å². The van der Waals surface area contributed by atoms with E-state index >= 15 is 0 Å². The molecule has 0 atom stereocenters. The second-order valence-electron chi connectivity index (χ2n) is 5.89. The van der Waals surface area contributed by atoms with Gasteiger partial charge in [0.25, 0.3) is 5.91 Å². The molecule has 0 fully saturated rings. The number of hydrogen-bond donors (Lipinski definition) is 1. The van der Waals surface area contributed by atoms with Crippen molar-refractivity contribution < 1.29 is 9.18 Å². The minimum Gasteiger partial charge on any atom is -0.341 e. The van der Waals surface area contributed by atoms with Crippen LogP contribution in [0.1, 0.15) is 15.9 Å². The Hall–Kier alpha value is -3.28. The first kappa shape index (κ1) is 17.5. The Morgan fingerprint density at radius 1 is 1.08 bits per heavy atom. The van der Waals surface area contributed by atoms with Gasteiger partial charge in [0.2, 0.25) is 0 Å². The van der Waals surface area contributed by atoms with Gasteiger partial charge < -0.3 is 10.2 Å². The molecule has 3 aromatic rings. The van der Waals surface area contributed by atoms with E-state index in [0.29, 0.717) is 23.6 Å². The summed E-state index contributed by atoms with van der Waals surface area (Å²) in [5.41, 5.74) is 2.38. The largest absolute Gasteiger partial charge is 0.341 e. The number of carbonyl (C=O) groups excluding carboxylic acids is 1. The summed E-state index contributed by atoms with van der Waals surface area (Å²) in [5.74, 6) is 0.150. The fourth-order valence-electron chi connectivity index (χ4n) is 2.48. The van der Waals surface area contributed by atoms with E-state index < -0.39 is 0 Å². The van der Waals surface area contributed by atoms with Crippen LogP contribution in [0.25, 0.3) is 0 Å². The van der Waals surface area contributed by atoms with Crippen LogP contribution in [0.2, 0.25) is 0 Å². The maximum absolute atomic E-state index is 13.0. The number of likely N-dealkylation sites (N-methyl/N-ethyl adjacent to an activating group) is 1. The van der Waals surface area contributed by atoms with Crippen LogP contribution in [0.4, 0.5) is 15.9 Å². The minimum atomic E-state index is -0.303. The molecule has 3 rings (SSSR count). The molecule has 0 aliphatic rings. The van der Waals surface area contributed by atoms with Crippen LogP contribution >= 0.6 is 0 Å². The van der Waals surface area contributed by atoms with Gasteiger partial charge in [-0.25, -0.2) is 9.37 Å². The molecule has 6 heteroatoms. The predicted molar refractivity (Wildman–Crippen MR) is 98.8 cm³/mol.